The van der Waals surface area contributed by atoms with Crippen LogP contribution in [0.1, 0.15) is 12.5 Å². The maximum Gasteiger partial charge on any atom is 0.363 e. The Morgan fingerprint density at radius 1 is 1.50 bits per heavy atom. The molecule has 0 fully saturated rings. The van der Waals surface area contributed by atoms with Crippen LogP contribution in [0.25, 0.3) is 6.08 Å². The van der Waals surface area contributed by atoms with Gasteiger partial charge in [0.25, 0.3) is 0 Å². The van der Waals surface area contributed by atoms with Crippen molar-refractivity contribution >= 4 is 33.9 Å². The van der Waals surface area contributed by atoms with Gasteiger partial charge >= 0.3 is 5.97 Å². The van der Waals surface area contributed by atoms with Gasteiger partial charge in [0.1, 0.15) is 5.75 Å². The first-order valence-corrected chi connectivity index (χ1v) is 5.33. The lowest BCUT2D eigenvalue weighted by Gasteiger charge is -1.99. The van der Waals surface area contributed by atoms with Gasteiger partial charge in [0.2, 0.25) is 0 Å². The van der Waals surface area contributed by atoms with Crippen LogP contribution >= 0.6 is 15.9 Å². The van der Waals surface area contributed by atoms with Crippen LogP contribution in [0.5, 0.6) is 5.75 Å². The van der Waals surface area contributed by atoms with E-state index in [-0.39, 0.29) is 11.4 Å². The third kappa shape index (κ3) is 2.14. The molecule has 0 spiro atoms. The predicted octanol–water partition coefficient (Wildman–Crippen LogP) is 2.47. The quantitative estimate of drug-likeness (QED) is 0.636. The zero-order chi connectivity index (χ0) is 11.7. The number of phenolic OH excluding ortho intramolecular Hbond substituents is 1. The number of esters is 1. The number of hydrogen-bond donors (Lipinski definition) is 1. The van der Waals surface area contributed by atoms with Crippen LogP contribution in [-0.2, 0) is 9.53 Å². The van der Waals surface area contributed by atoms with Gasteiger partial charge in [-0.15, -0.1) is 0 Å². The van der Waals surface area contributed by atoms with Crippen molar-refractivity contribution in [1.82, 2.24) is 0 Å². The Balaban J connectivity index is 2.43. The van der Waals surface area contributed by atoms with E-state index in [1.807, 2.05) is 0 Å². The second kappa shape index (κ2) is 4.09. The van der Waals surface area contributed by atoms with Crippen molar-refractivity contribution in [2.45, 2.75) is 6.92 Å². The average molecular weight is 282 g/mol. The number of ether oxygens (including phenoxy) is 1. The SMILES string of the molecule is CC1=N/C(=C\c2cc(Br)ccc2O)C(=O)O1. The van der Waals surface area contributed by atoms with Crippen LogP contribution in [0.2, 0.25) is 0 Å². The summed E-state index contributed by atoms with van der Waals surface area (Å²) >= 11 is 3.28. The van der Waals surface area contributed by atoms with Crippen LogP contribution in [0.15, 0.2) is 33.4 Å². The van der Waals surface area contributed by atoms with Crippen molar-refractivity contribution in [1.29, 1.82) is 0 Å². The molecular weight excluding hydrogens is 274 g/mol. The van der Waals surface area contributed by atoms with Crippen molar-refractivity contribution < 1.29 is 14.6 Å². The number of rotatable bonds is 1. The normalized spacial score (nSPS) is 17.5. The molecule has 1 N–H and O–H groups in total. The summed E-state index contributed by atoms with van der Waals surface area (Å²) in [6.45, 7) is 1.60. The second-order valence-corrected chi connectivity index (χ2v) is 4.17. The lowest BCUT2D eigenvalue weighted by molar-refractivity contribution is -0.130. The minimum absolute atomic E-state index is 0.0863. The molecule has 1 aliphatic rings. The molecule has 0 saturated carbocycles. The molecule has 0 amide bonds. The van der Waals surface area contributed by atoms with Gasteiger partial charge in [-0.25, -0.2) is 9.79 Å². The molecule has 4 nitrogen and oxygen atoms in total. The van der Waals surface area contributed by atoms with Crippen LogP contribution in [0, 0.1) is 0 Å². The summed E-state index contributed by atoms with van der Waals surface area (Å²) in [6.07, 6.45) is 1.49. The van der Waals surface area contributed by atoms with E-state index in [4.69, 9.17) is 4.74 Å². The van der Waals surface area contributed by atoms with Crippen LogP contribution in [0.3, 0.4) is 0 Å². The Morgan fingerprint density at radius 2 is 2.25 bits per heavy atom. The molecule has 0 aliphatic carbocycles. The van der Waals surface area contributed by atoms with E-state index in [9.17, 15) is 9.90 Å². The Labute approximate surface area is 100 Å². The highest BCUT2D eigenvalue weighted by molar-refractivity contribution is 9.10. The zero-order valence-electron chi connectivity index (χ0n) is 8.40. The number of carbonyl (C=O) groups is 1. The van der Waals surface area contributed by atoms with Crippen LogP contribution in [-0.4, -0.2) is 17.0 Å². The third-order valence-electron chi connectivity index (χ3n) is 2.01. The van der Waals surface area contributed by atoms with Crippen molar-refractivity contribution in [3.63, 3.8) is 0 Å². The van der Waals surface area contributed by atoms with E-state index in [1.54, 1.807) is 19.1 Å². The lowest BCUT2D eigenvalue weighted by Crippen LogP contribution is -1.99. The van der Waals surface area contributed by atoms with Crippen LogP contribution < -0.4 is 0 Å². The van der Waals surface area contributed by atoms with E-state index in [1.165, 1.54) is 12.1 Å². The smallest absolute Gasteiger partial charge is 0.363 e. The van der Waals surface area contributed by atoms with Gasteiger partial charge in [-0.05, 0) is 24.3 Å². The van der Waals surface area contributed by atoms with Crippen molar-refractivity contribution in [3.8, 4) is 5.75 Å². The lowest BCUT2D eigenvalue weighted by atomic mass is 10.1. The highest BCUT2D eigenvalue weighted by Gasteiger charge is 2.20. The highest BCUT2D eigenvalue weighted by Crippen LogP contribution is 2.25. The van der Waals surface area contributed by atoms with Gasteiger partial charge in [-0.2, -0.15) is 0 Å². The molecule has 0 bridgehead atoms. The Bertz CT molecular complexity index is 520. The highest BCUT2D eigenvalue weighted by atomic mass is 79.9. The number of phenols is 1. The number of nitrogens with zero attached hydrogens (tertiary/aromatic N) is 1. The first-order chi connectivity index (χ1) is 7.56. The number of aliphatic imine (C=N–C) groups is 1. The predicted molar refractivity (Wildman–Crippen MR) is 63.0 cm³/mol. The van der Waals surface area contributed by atoms with Gasteiger partial charge in [0, 0.05) is 17.0 Å². The van der Waals surface area contributed by atoms with Crippen molar-refractivity contribution in [2.75, 3.05) is 0 Å². The number of halogens is 1. The molecule has 0 atom stereocenters. The Morgan fingerprint density at radius 3 is 2.88 bits per heavy atom. The van der Waals surface area contributed by atoms with Gasteiger partial charge < -0.3 is 9.84 Å². The summed E-state index contributed by atoms with van der Waals surface area (Å²) in [7, 11) is 0. The summed E-state index contributed by atoms with van der Waals surface area (Å²) in [5.41, 5.74) is 0.700. The van der Waals surface area contributed by atoms with E-state index < -0.39 is 5.97 Å². The van der Waals surface area contributed by atoms with Crippen LogP contribution in [0.4, 0.5) is 0 Å². The number of benzene rings is 1. The topological polar surface area (TPSA) is 58.9 Å². The molecule has 5 heteroatoms. The standard InChI is InChI=1S/C11H8BrNO3/c1-6-13-9(11(15)16-6)5-7-4-8(12)2-3-10(7)14/h2-5,14H,1H3/b9-5-. The number of carbonyl (C=O) groups excluding carboxylic acids is 1. The summed E-state index contributed by atoms with van der Waals surface area (Å²) < 4.78 is 5.58. The molecule has 16 heavy (non-hydrogen) atoms. The molecule has 0 aromatic heterocycles. The average Bonchev–Trinajstić information content (AvgIpc) is 2.51. The van der Waals surface area contributed by atoms with E-state index in [0.29, 0.717) is 11.5 Å². The molecule has 1 heterocycles. The molecule has 2 rings (SSSR count). The maximum absolute atomic E-state index is 11.3. The first-order valence-electron chi connectivity index (χ1n) is 4.54. The minimum atomic E-state index is -0.503. The molecule has 0 unspecified atom stereocenters. The largest absolute Gasteiger partial charge is 0.507 e. The van der Waals surface area contributed by atoms with Gasteiger partial charge in [-0.1, -0.05) is 15.9 Å². The van der Waals surface area contributed by atoms with E-state index >= 15 is 0 Å². The molecule has 1 aromatic carbocycles. The zero-order valence-corrected chi connectivity index (χ0v) is 9.98. The molecule has 0 radical (unpaired) electrons. The fraction of sp³-hybridized carbons (Fsp3) is 0.0909. The maximum atomic E-state index is 11.3. The summed E-state index contributed by atoms with van der Waals surface area (Å²) in [6, 6.07) is 4.94. The molecule has 82 valence electrons. The molecule has 0 saturated heterocycles. The van der Waals surface area contributed by atoms with Gasteiger partial charge in [0.15, 0.2) is 11.6 Å². The van der Waals surface area contributed by atoms with E-state index in [0.717, 1.165) is 4.47 Å². The monoisotopic (exact) mass is 281 g/mol. The fourth-order valence-corrected chi connectivity index (χ4v) is 1.68. The number of aromatic hydroxyl groups is 1. The van der Waals surface area contributed by atoms with Gasteiger partial charge in [0.05, 0.1) is 0 Å². The second-order valence-electron chi connectivity index (χ2n) is 3.25. The molecular formula is C11H8BrNO3. The minimum Gasteiger partial charge on any atom is -0.507 e. The molecule has 1 aromatic rings. The summed E-state index contributed by atoms with van der Waals surface area (Å²) in [5, 5.41) is 9.58. The van der Waals surface area contributed by atoms with E-state index in [2.05, 4.69) is 20.9 Å². The number of hydrogen-bond acceptors (Lipinski definition) is 4. The summed E-state index contributed by atoms with van der Waals surface area (Å²) in [4.78, 5) is 15.2. The first kappa shape index (κ1) is 10.9. The fourth-order valence-electron chi connectivity index (χ4n) is 1.30. The van der Waals surface area contributed by atoms with Crippen molar-refractivity contribution in [3.05, 3.63) is 33.9 Å². The number of cyclic esters (lactones) is 1. The Hall–Kier alpha value is -1.62. The van der Waals surface area contributed by atoms with Gasteiger partial charge in [-0.3, -0.25) is 0 Å². The third-order valence-corrected chi connectivity index (χ3v) is 2.50. The van der Waals surface area contributed by atoms with Crippen molar-refractivity contribution in [2.24, 2.45) is 4.99 Å². The summed E-state index contributed by atoms with van der Waals surface area (Å²) in [5.74, 6) is -0.106. The Kier molecular flexibility index (Phi) is 2.78. The molecule has 1 aliphatic heterocycles.